The summed E-state index contributed by atoms with van der Waals surface area (Å²) >= 11 is 0. The van der Waals surface area contributed by atoms with E-state index in [1.807, 2.05) is 36.7 Å². The Bertz CT molecular complexity index is 621. The van der Waals surface area contributed by atoms with Gasteiger partial charge >= 0.3 is 0 Å². The van der Waals surface area contributed by atoms with Crippen molar-refractivity contribution in [2.24, 2.45) is 11.3 Å². The van der Waals surface area contributed by atoms with Crippen LogP contribution in [0.25, 0.3) is 0 Å². The fourth-order valence-electron chi connectivity index (χ4n) is 3.91. The first-order valence-electron chi connectivity index (χ1n) is 7.92. The molecule has 0 amide bonds. The second-order valence-corrected chi connectivity index (χ2v) is 6.34. The number of ether oxygens (including phenoxy) is 1. The third kappa shape index (κ3) is 2.40. The van der Waals surface area contributed by atoms with Gasteiger partial charge in [0.2, 0.25) is 11.8 Å². The van der Waals surface area contributed by atoms with Gasteiger partial charge in [-0.1, -0.05) is 12.5 Å². The lowest BCUT2D eigenvalue weighted by Crippen LogP contribution is -2.34. The molecule has 4 rings (SSSR count). The van der Waals surface area contributed by atoms with Crippen LogP contribution in [0.5, 0.6) is 5.88 Å². The van der Waals surface area contributed by atoms with Crippen LogP contribution >= 0.6 is 0 Å². The highest BCUT2D eigenvalue weighted by Crippen LogP contribution is 2.49. The molecular weight excluding hydrogens is 276 g/mol. The first-order valence-corrected chi connectivity index (χ1v) is 7.92. The molecule has 0 unspecified atom stereocenters. The lowest BCUT2D eigenvalue weighted by molar-refractivity contribution is 0.134. The monoisotopic (exact) mass is 296 g/mol. The highest BCUT2D eigenvalue weighted by molar-refractivity contribution is 5.33. The largest absolute Gasteiger partial charge is 0.477 e. The molecule has 22 heavy (non-hydrogen) atoms. The van der Waals surface area contributed by atoms with Gasteiger partial charge in [0.25, 0.3) is 0 Å². The van der Waals surface area contributed by atoms with Crippen LogP contribution in [0, 0.1) is 11.3 Å². The van der Waals surface area contributed by atoms with Gasteiger partial charge in [-0.2, -0.15) is 0 Å². The first kappa shape index (κ1) is 13.5. The second-order valence-electron chi connectivity index (χ2n) is 6.34. The van der Waals surface area contributed by atoms with Crippen LogP contribution in [0.2, 0.25) is 0 Å². The molecule has 2 aromatic rings. The van der Waals surface area contributed by atoms with Crippen LogP contribution in [0.4, 0.5) is 5.95 Å². The van der Waals surface area contributed by atoms with Crippen molar-refractivity contribution in [2.75, 3.05) is 24.6 Å². The van der Waals surface area contributed by atoms with Crippen LogP contribution in [0.15, 0.2) is 42.9 Å². The number of hydrogen-bond acceptors (Lipinski definition) is 5. The van der Waals surface area contributed by atoms with Gasteiger partial charge in [0, 0.05) is 43.2 Å². The Morgan fingerprint density at radius 1 is 1.14 bits per heavy atom. The first-order chi connectivity index (χ1) is 10.9. The van der Waals surface area contributed by atoms with Gasteiger partial charge in [-0.05, 0) is 30.9 Å². The van der Waals surface area contributed by atoms with Gasteiger partial charge in [0.1, 0.15) is 0 Å². The molecule has 2 fully saturated rings. The third-order valence-corrected chi connectivity index (χ3v) is 5.02. The zero-order chi connectivity index (χ0) is 14.8. The molecule has 0 bridgehead atoms. The molecule has 5 nitrogen and oxygen atoms in total. The molecule has 2 atom stereocenters. The summed E-state index contributed by atoms with van der Waals surface area (Å²) in [5.41, 5.74) is 0.219. The molecule has 0 aromatic carbocycles. The van der Waals surface area contributed by atoms with Gasteiger partial charge in [-0.3, -0.25) is 0 Å². The van der Waals surface area contributed by atoms with Gasteiger partial charge < -0.3 is 9.64 Å². The van der Waals surface area contributed by atoms with Gasteiger partial charge in [0.05, 0.1) is 6.61 Å². The minimum atomic E-state index is 0.219. The molecule has 3 heterocycles. The second kappa shape index (κ2) is 5.55. The van der Waals surface area contributed by atoms with E-state index in [4.69, 9.17) is 4.74 Å². The minimum absolute atomic E-state index is 0.219. The third-order valence-electron chi connectivity index (χ3n) is 5.02. The number of fused-ring (bicyclic) bond motifs is 1. The van der Waals surface area contributed by atoms with Crippen LogP contribution in [0.1, 0.15) is 19.3 Å². The Morgan fingerprint density at radius 2 is 2.00 bits per heavy atom. The van der Waals surface area contributed by atoms with E-state index in [0.29, 0.717) is 5.92 Å². The molecule has 2 aliphatic rings. The maximum Gasteiger partial charge on any atom is 0.225 e. The van der Waals surface area contributed by atoms with Gasteiger partial charge in [-0.15, -0.1) is 0 Å². The molecule has 114 valence electrons. The van der Waals surface area contributed by atoms with Crippen LogP contribution < -0.4 is 9.64 Å². The van der Waals surface area contributed by atoms with Crippen molar-refractivity contribution >= 4 is 5.95 Å². The van der Waals surface area contributed by atoms with Crippen molar-refractivity contribution in [1.82, 2.24) is 15.0 Å². The number of aromatic nitrogens is 3. The quantitative estimate of drug-likeness (QED) is 0.868. The van der Waals surface area contributed by atoms with E-state index >= 15 is 0 Å². The molecule has 2 aromatic heterocycles. The Hall–Kier alpha value is -2.17. The van der Waals surface area contributed by atoms with E-state index in [0.717, 1.165) is 31.5 Å². The van der Waals surface area contributed by atoms with Crippen molar-refractivity contribution in [3.63, 3.8) is 0 Å². The summed E-state index contributed by atoms with van der Waals surface area (Å²) in [6.45, 7) is 2.75. The number of anilines is 1. The average Bonchev–Trinajstić information content (AvgIpc) is 3.12. The maximum atomic E-state index is 6.00. The van der Waals surface area contributed by atoms with E-state index in [1.54, 1.807) is 6.20 Å². The lowest BCUT2D eigenvalue weighted by Gasteiger charge is -2.28. The van der Waals surface area contributed by atoms with Crippen molar-refractivity contribution in [3.8, 4) is 5.88 Å². The summed E-state index contributed by atoms with van der Waals surface area (Å²) in [6.07, 6.45) is 9.18. The highest BCUT2D eigenvalue weighted by atomic mass is 16.5. The standard InChI is InChI=1S/C17H20N4O/c1-2-8-18-15(6-1)22-13-17-7-3-5-14(17)11-21(12-17)16-19-9-4-10-20-16/h1-2,4,6,8-10,14H,3,5,7,11-13H2/t14-,17+/m0/s1. The Labute approximate surface area is 130 Å². The summed E-state index contributed by atoms with van der Waals surface area (Å²) in [7, 11) is 0. The molecule has 1 saturated heterocycles. The fraction of sp³-hybridized carbons (Fsp3) is 0.471. The summed E-state index contributed by atoms with van der Waals surface area (Å²) in [4.78, 5) is 15.4. The van der Waals surface area contributed by atoms with Crippen LogP contribution in [0.3, 0.4) is 0 Å². The molecule has 1 aliphatic heterocycles. The van der Waals surface area contributed by atoms with E-state index in [1.165, 1.54) is 19.3 Å². The highest BCUT2D eigenvalue weighted by Gasteiger charge is 2.50. The Morgan fingerprint density at radius 3 is 2.82 bits per heavy atom. The van der Waals surface area contributed by atoms with Crippen molar-refractivity contribution in [1.29, 1.82) is 0 Å². The van der Waals surface area contributed by atoms with Crippen LogP contribution in [-0.2, 0) is 0 Å². The average molecular weight is 296 g/mol. The van der Waals surface area contributed by atoms with E-state index in [2.05, 4.69) is 19.9 Å². The molecule has 1 aliphatic carbocycles. The summed E-state index contributed by atoms with van der Waals surface area (Å²) in [5, 5.41) is 0. The summed E-state index contributed by atoms with van der Waals surface area (Å²) in [6, 6.07) is 7.66. The van der Waals surface area contributed by atoms with Crippen molar-refractivity contribution in [2.45, 2.75) is 19.3 Å². The van der Waals surface area contributed by atoms with E-state index in [-0.39, 0.29) is 5.41 Å². The van der Waals surface area contributed by atoms with E-state index in [9.17, 15) is 0 Å². The number of nitrogens with zero attached hydrogens (tertiary/aromatic N) is 4. The minimum Gasteiger partial charge on any atom is -0.477 e. The zero-order valence-electron chi connectivity index (χ0n) is 12.6. The normalized spacial score (nSPS) is 26.9. The fourth-order valence-corrected chi connectivity index (χ4v) is 3.91. The predicted octanol–water partition coefficient (Wildman–Crippen LogP) is 2.56. The van der Waals surface area contributed by atoms with E-state index < -0.39 is 0 Å². The predicted molar refractivity (Wildman–Crippen MR) is 83.8 cm³/mol. The molecule has 5 heteroatoms. The molecule has 0 N–H and O–H groups in total. The molecular formula is C17H20N4O. The summed E-state index contributed by atoms with van der Waals surface area (Å²) in [5.74, 6) is 2.23. The smallest absolute Gasteiger partial charge is 0.225 e. The van der Waals surface area contributed by atoms with Crippen molar-refractivity contribution < 1.29 is 4.74 Å². The van der Waals surface area contributed by atoms with Gasteiger partial charge in [-0.25, -0.2) is 15.0 Å². The maximum absolute atomic E-state index is 6.00. The topological polar surface area (TPSA) is 51.1 Å². The molecule has 0 radical (unpaired) electrons. The number of pyridine rings is 1. The van der Waals surface area contributed by atoms with Crippen molar-refractivity contribution in [3.05, 3.63) is 42.9 Å². The van der Waals surface area contributed by atoms with Crippen LogP contribution in [-0.4, -0.2) is 34.6 Å². The Kier molecular flexibility index (Phi) is 3.41. The van der Waals surface area contributed by atoms with Gasteiger partial charge in [0.15, 0.2) is 0 Å². The number of rotatable bonds is 4. The Balaban J connectivity index is 1.50. The zero-order valence-corrected chi connectivity index (χ0v) is 12.6. The SMILES string of the molecule is c1ccc(OC[C@]23CCC[C@H]2CN(c2ncccn2)C3)nc1. The lowest BCUT2D eigenvalue weighted by atomic mass is 9.82. The molecule has 0 spiro atoms. The number of hydrogen-bond donors (Lipinski definition) is 0. The summed E-state index contributed by atoms with van der Waals surface area (Å²) < 4.78 is 6.00. The molecule has 1 saturated carbocycles.